The van der Waals surface area contributed by atoms with E-state index in [9.17, 15) is 4.79 Å². The molecule has 2 amide bonds. The van der Waals surface area contributed by atoms with Crippen LogP contribution in [0.5, 0.6) is 0 Å². The van der Waals surface area contributed by atoms with Gasteiger partial charge >= 0.3 is 6.03 Å². The molecule has 5 N–H and O–H groups in total. The highest BCUT2D eigenvalue weighted by Gasteiger charge is 2.07. The lowest BCUT2D eigenvalue weighted by Crippen LogP contribution is -2.20. The Morgan fingerprint density at radius 3 is 2.81 bits per heavy atom. The average molecular weight is 281 g/mol. The van der Waals surface area contributed by atoms with Gasteiger partial charge in [0.05, 0.1) is 11.0 Å². The maximum Gasteiger partial charge on any atom is 0.326 e. The fraction of sp³-hybridized carbons (Fsp3) is 0.0667. The van der Waals surface area contributed by atoms with Gasteiger partial charge in [0.25, 0.3) is 0 Å². The number of nitrogens with two attached hydrogens (primary N) is 1. The maximum absolute atomic E-state index is 11.9. The predicted octanol–water partition coefficient (Wildman–Crippen LogP) is 2.67. The van der Waals surface area contributed by atoms with E-state index in [0.29, 0.717) is 18.2 Å². The Hall–Kier alpha value is -2.86. The van der Waals surface area contributed by atoms with Gasteiger partial charge in [-0.25, -0.2) is 9.78 Å². The fourth-order valence-electron chi connectivity index (χ4n) is 2.06. The fourth-order valence-corrected chi connectivity index (χ4v) is 2.06. The Labute approximate surface area is 121 Å². The minimum Gasteiger partial charge on any atom is -0.326 e. The summed E-state index contributed by atoms with van der Waals surface area (Å²) in [4.78, 5) is 19.3. The molecule has 0 atom stereocenters. The van der Waals surface area contributed by atoms with E-state index in [1.54, 1.807) is 6.07 Å². The number of benzene rings is 2. The van der Waals surface area contributed by atoms with Crippen LogP contribution < -0.4 is 16.4 Å². The first-order valence-electron chi connectivity index (χ1n) is 6.56. The molecule has 0 saturated heterocycles. The number of rotatable bonds is 3. The molecule has 0 spiro atoms. The molecule has 0 aliphatic carbocycles. The van der Waals surface area contributed by atoms with Crippen LogP contribution in [0.4, 0.5) is 16.4 Å². The van der Waals surface area contributed by atoms with Crippen LogP contribution in [0.1, 0.15) is 5.56 Å². The quantitative estimate of drug-likeness (QED) is 0.594. The summed E-state index contributed by atoms with van der Waals surface area (Å²) >= 11 is 0. The number of hydrogen-bond donors (Lipinski definition) is 4. The summed E-state index contributed by atoms with van der Waals surface area (Å²) < 4.78 is 0. The van der Waals surface area contributed by atoms with Crippen molar-refractivity contribution in [2.24, 2.45) is 5.73 Å². The molecule has 21 heavy (non-hydrogen) atoms. The number of carbonyl (C=O) groups excluding carboxylic acids is 1. The van der Waals surface area contributed by atoms with E-state index in [4.69, 9.17) is 5.73 Å². The second-order valence-corrected chi connectivity index (χ2v) is 4.59. The highest BCUT2D eigenvalue weighted by molar-refractivity contribution is 5.99. The number of urea groups is 1. The molecule has 1 heterocycles. The van der Waals surface area contributed by atoms with Gasteiger partial charge < -0.3 is 16.0 Å². The molecule has 2 aromatic carbocycles. The summed E-state index contributed by atoms with van der Waals surface area (Å²) in [5.74, 6) is 0.406. The normalized spacial score (nSPS) is 10.5. The Morgan fingerprint density at radius 2 is 2.00 bits per heavy atom. The molecule has 0 bridgehead atoms. The van der Waals surface area contributed by atoms with E-state index >= 15 is 0 Å². The second kappa shape index (κ2) is 5.64. The van der Waals surface area contributed by atoms with E-state index in [1.165, 1.54) is 0 Å². The monoisotopic (exact) mass is 281 g/mol. The van der Waals surface area contributed by atoms with Crippen molar-refractivity contribution in [2.45, 2.75) is 6.54 Å². The number of fused-ring (bicyclic) bond motifs is 1. The molecule has 0 radical (unpaired) electrons. The standard InChI is InChI=1S/C15H15N5O/c16-9-10-4-3-5-11(8-10)17-15(21)20-14-18-12-6-1-2-7-13(12)19-14/h1-8H,9,16H2,(H3,17,18,19,20,21). The molecule has 1 aromatic heterocycles. The lowest BCUT2D eigenvalue weighted by molar-refractivity contribution is 0.262. The molecule has 0 saturated carbocycles. The van der Waals surface area contributed by atoms with Crippen molar-refractivity contribution in [3.05, 3.63) is 54.1 Å². The van der Waals surface area contributed by atoms with Crippen LogP contribution in [0.15, 0.2) is 48.5 Å². The van der Waals surface area contributed by atoms with Gasteiger partial charge in [-0.15, -0.1) is 0 Å². The summed E-state index contributed by atoms with van der Waals surface area (Å²) in [6.45, 7) is 0.431. The van der Waals surface area contributed by atoms with Crippen LogP contribution in [0.25, 0.3) is 11.0 Å². The van der Waals surface area contributed by atoms with Crippen molar-refractivity contribution in [2.75, 3.05) is 10.6 Å². The third kappa shape index (κ3) is 3.01. The van der Waals surface area contributed by atoms with Gasteiger partial charge in [-0.05, 0) is 29.8 Å². The van der Waals surface area contributed by atoms with Crippen molar-refractivity contribution < 1.29 is 4.79 Å². The van der Waals surface area contributed by atoms with E-state index in [0.717, 1.165) is 16.6 Å². The molecule has 0 aliphatic rings. The van der Waals surface area contributed by atoms with E-state index in [1.807, 2.05) is 42.5 Å². The number of aromatic amines is 1. The first-order valence-corrected chi connectivity index (χ1v) is 6.56. The zero-order chi connectivity index (χ0) is 14.7. The topological polar surface area (TPSA) is 95.8 Å². The van der Waals surface area contributed by atoms with E-state index in [-0.39, 0.29) is 6.03 Å². The number of hydrogen-bond acceptors (Lipinski definition) is 3. The molecule has 6 heteroatoms. The number of imidazole rings is 1. The Bertz CT molecular complexity index is 747. The number of nitrogens with zero attached hydrogens (tertiary/aromatic N) is 1. The third-order valence-corrected chi connectivity index (χ3v) is 3.04. The predicted molar refractivity (Wildman–Crippen MR) is 83.1 cm³/mol. The first kappa shape index (κ1) is 13.1. The smallest absolute Gasteiger partial charge is 0.326 e. The summed E-state index contributed by atoms with van der Waals surface area (Å²) in [6, 6.07) is 14.6. The summed E-state index contributed by atoms with van der Waals surface area (Å²) in [6.07, 6.45) is 0. The molecule has 0 unspecified atom stereocenters. The molecule has 0 aliphatic heterocycles. The van der Waals surface area contributed by atoms with Crippen LogP contribution in [0, 0.1) is 0 Å². The highest BCUT2D eigenvalue weighted by atomic mass is 16.2. The number of aromatic nitrogens is 2. The van der Waals surface area contributed by atoms with Gasteiger partial charge in [0.1, 0.15) is 0 Å². The molecular weight excluding hydrogens is 266 g/mol. The Kier molecular flexibility index (Phi) is 3.53. The average Bonchev–Trinajstić information content (AvgIpc) is 2.89. The Morgan fingerprint density at radius 1 is 1.14 bits per heavy atom. The van der Waals surface area contributed by atoms with Crippen LogP contribution in [0.3, 0.4) is 0 Å². The minimum absolute atomic E-state index is 0.358. The van der Waals surface area contributed by atoms with Crippen molar-refractivity contribution >= 4 is 28.7 Å². The molecular formula is C15H15N5O. The lowest BCUT2D eigenvalue weighted by atomic mass is 10.2. The number of nitrogens with one attached hydrogen (secondary N) is 3. The van der Waals surface area contributed by atoms with Gasteiger partial charge in [-0.1, -0.05) is 24.3 Å². The molecule has 106 valence electrons. The zero-order valence-electron chi connectivity index (χ0n) is 11.3. The highest BCUT2D eigenvalue weighted by Crippen LogP contribution is 2.14. The second-order valence-electron chi connectivity index (χ2n) is 4.59. The molecule has 3 aromatic rings. The van der Waals surface area contributed by atoms with Crippen LogP contribution >= 0.6 is 0 Å². The molecule has 6 nitrogen and oxygen atoms in total. The minimum atomic E-state index is -0.358. The van der Waals surface area contributed by atoms with Crippen molar-refractivity contribution in [1.29, 1.82) is 0 Å². The number of amides is 2. The lowest BCUT2D eigenvalue weighted by Gasteiger charge is -2.06. The number of anilines is 2. The summed E-state index contributed by atoms with van der Waals surface area (Å²) in [5, 5.41) is 5.41. The van der Waals surface area contributed by atoms with E-state index < -0.39 is 0 Å². The maximum atomic E-state index is 11.9. The van der Waals surface area contributed by atoms with E-state index in [2.05, 4.69) is 20.6 Å². The number of H-pyrrole nitrogens is 1. The number of carbonyl (C=O) groups is 1. The van der Waals surface area contributed by atoms with Gasteiger partial charge in [0.2, 0.25) is 5.95 Å². The van der Waals surface area contributed by atoms with Crippen molar-refractivity contribution in [3.63, 3.8) is 0 Å². The van der Waals surface area contributed by atoms with Gasteiger partial charge in [0, 0.05) is 12.2 Å². The van der Waals surface area contributed by atoms with Gasteiger partial charge in [0.15, 0.2) is 0 Å². The van der Waals surface area contributed by atoms with Crippen LogP contribution in [-0.2, 0) is 6.54 Å². The van der Waals surface area contributed by atoms with Gasteiger partial charge in [-0.2, -0.15) is 0 Å². The van der Waals surface area contributed by atoms with Crippen LogP contribution in [-0.4, -0.2) is 16.0 Å². The number of para-hydroxylation sites is 2. The Balaban J connectivity index is 1.70. The largest absolute Gasteiger partial charge is 0.326 e. The SMILES string of the molecule is NCc1cccc(NC(=O)Nc2nc3ccccc3[nH]2)c1. The van der Waals surface area contributed by atoms with Crippen LogP contribution in [0.2, 0.25) is 0 Å². The molecule has 0 fully saturated rings. The summed E-state index contributed by atoms with van der Waals surface area (Å²) in [7, 11) is 0. The van der Waals surface area contributed by atoms with Crippen molar-refractivity contribution in [3.8, 4) is 0 Å². The molecule has 3 rings (SSSR count). The summed E-state index contributed by atoms with van der Waals surface area (Å²) in [5.41, 5.74) is 8.89. The zero-order valence-corrected chi connectivity index (χ0v) is 11.3. The van der Waals surface area contributed by atoms with Gasteiger partial charge in [-0.3, -0.25) is 5.32 Å². The third-order valence-electron chi connectivity index (χ3n) is 3.04. The first-order chi connectivity index (χ1) is 10.2. The van der Waals surface area contributed by atoms with Crippen molar-refractivity contribution in [1.82, 2.24) is 9.97 Å².